The molecule has 0 bridgehead atoms. The summed E-state index contributed by atoms with van der Waals surface area (Å²) in [7, 11) is 0. The molecule has 1 atom stereocenters. The molecule has 0 aromatic carbocycles. The van der Waals surface area contributed by atoms with Crippen LogP contribution in [0, 0.1) is 5.41 Å². The van der Waals surface area contributed by atoms with Gasteiger partial charge in [0, 0.05) is 37.5 Å². The van der Waals surface area contributed by atoms with Crippen LogP contribution in [-0.2, 0) is 6.18 Å². The van der Waals surface area contributed by atoms with E-state index in [1.54, 1.807) is 0 Å². The molecule has 4 rings (SSSR count). The first-order chi connectivity index (χ1) is 15.3. The number of nitrogens with zero attached hydrogens (tertiary/aromatic N) is 3. The Morgan fingerprint density at radius 3 is 2.59 bits per heavy atom. The van der Waals surface area contributed by atoms with Gasteiger partial charge in [0.25, 0.3) is 5.56 Å². The van der Waals surface area contributed by atoms with Gasteiger partial charge < -0.3 is 20.6 Å². The lowest BCUT2D eigenvalue weighted by atomic mass is 9.95. The maximum Gasteiger partial charge on any atom is 0.417 e. The Bertz CT molecular complexity index is 998. The van der Waals surface area contributed by atoms with E-state index in [9.17, 15) is 18.0 Å². The predicted molar refractivity (Wildman–Crippen MR) is 117 cm³/mol. The van der Waals surface area contributed by atoms with Crippen LogP contribution in [-0.4, -0.2) is 40.3 Å². The van der Waals surface area contributed by atoms with Gasteiger partial charge in [0.1, 0.15) is 17.5 Å². The van der Waals surface area contributed by atoms with E-state index in [1.807, 2.05) is 4.90 Å². The number of H-pyrrole nitrogens is 1. The van der Waals surface area contributed by atoms with Crippen molar-refractivity contribution in [1.29, 1.82) is 5.41 Å². The monoisotopic (exact) mass is 448 g/mol. The van der Waals surface area contributed by atoms with Gasteiger partial charge in [-0.05, 0) is 37.8 Å². The van der Waals surface area contributed by atoms with Crippen LogP contribution >= 0.6 is 0 Å². The van der Waals surface area contributed by atoms with Crippen molar-refractivity contribution in [1.82, 2.24) is 15.0 Å². The van der Waals surface area contributed by atoms with Gasteiger partial charge >= 0.3 is 6.18 Å². The van der Waals surface area contributed by atoms with Gasteiger partial charge in [-0.15, -0.1) is 0 Å². The first-order valence-corrected chi connectivity index (χ1v) is 11.0. The number of pyridine rings is 1. The summed E-state index contributed by atoms with van der Waals surface area (Å²) in [6, 6.07) is 2.66. The molecule has 10 heteroatoms. The Kier molecular flexibility index (Phi) is 6.48. The molecule has 2 fully saturated rings. The van der Waals surface area contributed by atoms with E-state index in [0.29, 0.717) is 30.5 Å². The molecule has 0 amide bonds. The van der Waals surface area contributed by atoms with Gasteiger partial charge in [-0.25, -0.2) is 9.97 Å². The van der Waals surface area contributed by atoms with Crippen LogP contribution < -0.4 is 15.8 Å². The molecule has 3 N–H and O–H groups in total. The van der Waals surface area contributed by atoms with E-state index >= 15 is 0 Å². The third-order valence-corrected chi connectivity index (χ3v) is 6.27. The smallest absolute Gasteiger partial charge is 0.367 e. The molecule has 1 saturated carbocycles. The minimum absolute atomic E-state index is 0.0905. The summed E-state index contributed by atoms with van der Waals surface area (Å²) >= 11 is 0. The molecule has 3 heterocycles. The molecule has 2 aromatic heterocycles. The largest absolute Gasteiger partial charge is 0.417 e. The van der Waals surface area contributed by atoms with Gasteiger partial charge in [-0.3, -0.25) is 4.79 Å². The van der Waals surface area contributed by atoms with Crippen molar-refractivity contribution < 1.29 is 13.2 Å². The first kappa shape index (κ1) is 22.3. The zero-order chi connectivity index (χ0) is 22.7. The molecule has 1 aliphatic heterocycles. The average Bonchev–Trinajstić information content (AvgIpc) is 2.79. The standard InChI is InChI=1S/C22H27F3N6O/c23-22(24,25)15-8-9-18(27-12-15)31-10-4-5-14(13-31)19-29-20(17(11-26)21(32)30-19)28-16-6-2-1-3-7-16/h8-9,11-12,14,16,26H,1-7,10,13H2,(H2,28,29,30,32). The van der Waals surface area contributed by atoms with Crippen LogP contribution in [0.25, 0.3) is 0 Å². The maximum absolute atomic E-state index is 12.8. The number of anilines is 2. The van der Waals surface area contributed by atoms with E-state index in [-0.39, 0.29) is 23.1 Å². The van der Waals surface area contributed by atoms with Crippen molar-refractivity contribution in [3.05, 3.63) is 45.6 Å². The van der Waals surface area contributed by atoms with Gasteiger partial charge in [0.15, 0.2) is 0 Å². The van der Waals surface area contributed by atoms with Crippen LogP contribution in [0.5, 0.6) is 0 Å². The number of nitrogens with one attached hydrogen (secondary N) is 3. The van der Waals surface area contributed by atoms with Crippen LogP contribution in [0.1, 0.15) is 67.8 Å². The highest BCUT2D eigenvalue weighted by Gasteiger charge is 2.31. The molecule has 1 saturated heterocycles. The van der Waals surface area contributed by atoms with Crippen molar-refractivity contribution in [3.8, 4) is 0 Å². The van der Waals surface area contributed by atoms with E-state index < -0.39 is 11.7 Å². The van der Waals surface area contributed by atoms with Crippen molar-refractivity contribution in [2.45, 2.75) is 63.1 Å². The van der Waals surface area contributed by atoms with Gasteiger partial charge in [-0.2, -0.15) is 13.2 Å². The maximum atomic E-state index is 12.8. The second-order valence-corrected chi connectivity index (χ2v) is 8.53. The Labute approximate surface area is 184 Å². The summed E-state index contributed by atoms with van der Waals surface area (Å²) in [6.07, 6.45) is 4.55. The summed E-state index contributed by atoms with van der Waals surface area (Å²) in [5, 5.41) is 11.0. The molecular formula is C22H27F3N6O. The molecule has 2 aromatic rings. The normalized spacial score (nSPS) is 20.2. The SMILES string of the molecule is N=Cc1c(NC2CCCCC2)nc(C2CCCN(c3ccc(C(F)(F)F)cn3)C2)[nH]c1=O. The predicted octanol–water partition coefficient (Wildman–Crippen LogP) is 4.31. The zero-order valence-electron chi connectivity index (χ0n) is 17.7. The number of hydrogen-bond acceptors (Lipinski definition) is 6. The summed E-state index contributed by atoms with van der Waals surface area (Å²) in [5.41, 5.74) is -0.911. The number of aromatic nitrogens is 3. The Morgan fingerprint density at radius 2 is 1.94 bits per heavy atom. The highest BCUT2D eigenvalue weighted by atomic mass is 19.4. The van der Waals surface area contributed by atoms with E-state index in [4.69, 9.17) is 5.41 Å². The van der Waals surface area contributed by atoms with Gasteiger partial charge in [0.05, 0.1) is 11.1 Å². The number of halogens is 3. The van der Waals surface area contributed by atoms with Gasteiger partial charge in [-0.1, -0.05) is 19.3 Å². The minimum Gasteiger partial charge on any atom is -0.367 e. The van der Waals surface area contributed by atoms with Crippen molar-refractivity contribution in [2.75, 3.05) is 23.3 Å². The van der Waals surface area contributed by atoms with E-state index in [0.717, 1.165) is 57.0 Å². The fourth-order valence-corrected chi connectivity index (χ4v) is 4.53. The summed E-state index contributed by atoms with van der Waals surface area (Å²) in [4.78, 5) is 26.1. The number of alkyl halides is 3. The molecule has 172 valence electrons. The summed E-state index contributed by atoms with van der Waals surface area (Å²) < 4.78 is 38.5. The highest BCUT2D eigenvalue weighted by Crippen LogP contribution is 2.32. The zero-order valence-corrected chi connectivity index (χ0v) is 17.7. The molecule has 7 nitrogen and oxygen atoms in total. The summed E-state index contributed by atoms with van der Waals surface area (Å²) in [5.74, 6) is 1.36. The lowest BCUT2D eigenvalue weighted by Gasteiger charge is -2.33. The summed E-state index contributed by atoms with van der Waals surface area (Å²) in [6.45, 7) is 1.17. The van der Waals surface area contributed by atoms with Crippen molar-refractivity contribution in [3.63, 3.8) is 0 Å². The van der Waals surface area contributed by atoms with Crippen molar-refractivity contribution >= 4 is 17.9 Å². The third kappa shape index (κ3) is 4.94. The van der Waals surface area contributed by atoms with Crippen molar-refractivity contribution in [2.24, 2.45) is 0 Å². The quantitative estimate of drug-likeness (QED) is 0.592. The highest BCUT2D eigenvalue weighted by molar-refractivity contribution is 5.83. The topological polar surface area (TPSA) is 97.8 Å². The van der Waals surface area contributed by atoms with E-state index in [1.165, 1.54) is 12.5 Å². The Hall–Kier alpha value is -2.91. The molecule has 32 heavy (non-hydrogen) atoms. The van der Waals surface area contributed by atoms with Gasteiger partial charge in [0.2, 0.25) is 0 Å². The van der Waals surface area contributed by atoms with Crippen LogP contribution in [0.2, 0.25) is 0 Å². The molecular weight excluding hydrogens is 421 g/mol. The second kappa shape index (κ2) is 9.30. The number of hydrogen-bond donors (Lipinski definition) is 3. The first-order valence-electron chi connectivity index (χ1n) is 11.0. The fourth-order valence-electron chi connectivity index (χ4n) is 4.53. The Morgan fingerprint density at radius 1 is 1.16 bits per heavy atom. The van der Waals surface area contributed by atoms with Crippen LogP contribution in [0.15, 0.2) is 23.1 Å². The third-order valence-electron chi connectivity index (χ3n) is 6.27. The minimum atomic E-state index is -4.42. The number of piperidine rings is 1. The van der Waals surface area contributed by atoms with Crippen LogP contribution in [0.3, 0.4) is 0 Å². The van der Waals surface area contributed by atoms with Crippen LogP contribution in [0.4, 0.5) is 24.8 Å². The molecule has 2 aliphatic rings. The molecule has 1 unspecified atom stereocenters. The molecule has 0 radical (unpaired) electrons. The average molecular weight is 448 g/mol. The second-order valence-electron chi connectivity index (χ2n) is 8.53. The van der Waals surface area contributed by atoms with E-state index in [2.05, 4.69) is 20.3 Å². The Balaban J connectivity index is 1.54. The molecule has 1 aliphatic carbocycles. The molecule has 0 spiro atoms. The fraction of sp³-hybridized carbons (Fsp3) is 0.545. The lowest BCUT2D eigenvalue weighted by Crippen LogP contribution is -2.37. The number of aromatic amines is 1. The lowest BCUT2D eigenvalue weighted by molar-refractivity contribution is -0.137. The number of rotatable bonds is 5.